The summed E-state index contributed by atoms with van der Waals surface area (Å²) in [4.78, 5) is 13.9. The fraction of sp³-hybridized carbons (Fsp3) is 0.533. The van der Waals surface area contributed by atoms with Crippen LogP contribution in [0.4, 0.5) is 4.79 Å². The second-order valence-electron chi connectivity index (χ2n) is 5.80. The molecule has 0 radical (unpaired) electrons. The molecule has 1 aliphatic heterocycles. The van der Waals surface area contributed by atoms with Crippen LogP contribution in [0.1, 0.15) is 26.3 Å². The standard InChI is InChI=1S/C15H21NO3/c1-15(2,3)19-14(17)16(10-13-11-18-13)9-12-7-5-4-6-8-12/h4-8,13H,9-11H2,1-3H3/t13-/m1/s1. The maximum atomic E-state index is 12.2. The summed E-state index contributed by atoms with van der Waals surface area (Å²) in [7, 11) is 0. The maximum absolute atomic E-state index is 12.2. The van der Waals surface area contributed by atoms with E-state index >= 15 is 0 Å². The van der Waals surface area contributed by atoms with Crippen molar-refractivity contribution >= 4 is 6.09 Å². The molecule has 0 N–H and O–H groups in total. The lowest BCUT2D eigenvalue weighted by Gasteiger charge is -2.27. The van der Waals surface area contributed by atoms with E-state index in [0.29, 0.717) is 13.1 Å². The van der Waals surface area contributed by atoms with Gasteiger partial charge in [0.2, 0.25) is 0 Å². The minimum absolute atomic E-state index is 0.163. The number of benzene rings is 1. The first-order chi connectivity index (χ1) is 8.94. The third-order valence-corrected chi connectivity index (χ3v) is 2.69. The maximum Gasteiger partial charge on any atom is 0.410 e. The first-order valence-electron chi connectivity index (χ1n) is 6.57. The summed E-state index contributed by atoms with van der Waals surface area (Å²) in [5, 5.41) is 0. The Balaban J connectivity index is 2.00. The van der Waals surface area contributed by atoms with Gasteiger partial charge >= 0.3 is 6.09 Å². The second-order valence-corrected chi connectivity index (χ2v) is 5.80. The normalized spacial score (nSPS) is 17.9. The number of hydrogen-bond acceptors (Lipinski definition) is 3. The SMILES string of the molecule is CC(C)(C)OC(=O)N(Cc1ccccc1)C[C@@H]1CO1. The highest BCUT2D eigenvalue weighted by Crippen LogP contribution is 2.17. The van der Waals surface area contributed by atoms with Crippen molar-refractivity contribution in [2.24, 2.45) is 0 Å². The van der Waals surface area contributed by atoms with E-state index < -0.39 is 5.60 Å². The van der Waals surface area contributed by atoms with Crippen molar-refractivity contribution in [1.29, 1.82) is 0 Å². The Morgan fingerprint density at radius 1 is 1.37 bits per heavy atom. The molecule has 1 aromatic carbocycles. The Morgan fingerprint density at radius 2 is 2.00 bits per heavy atom. The van der Waals surface area contributed by atoms with Crippen molar-refractivity contribution in [2.45, 2.75) is 39.0 Å². The summed E-state index contributed by atoms with van der Waals surface area (Å²) in [6, 6.07) is 9.91. The molecule has 19 heavy (non-hydrogen) atoms. The van der Waals surface area contributed by atoms with Gasteiger partial charge in [-0.1, -0.05) is 30.3 Å². The molecule has 1 heterocycles. The third kappa shape index (κ3) is 4.91. The first-order valence-corrected chi connectivity index (χ1v) is 6.57. The average molecular weight is 263 g/mol. The van der Waals surface area contributed by atoms with Crippen LogP contribution in [0.5, 0.6) is 0 Å². The Bertz CT molecular complexity index is 421. The van der Waals surface area contributed by atoms with E-state index in [2.05, 4.69) is 0 Å². The number of carbonyl (C=O) groups excluding carboxylic acids is 1. The number of nitrogens with zero attached hydrogens (tertiary/aromatic N) is 1. The highest BCUT2D eigenvalue weighted by molar-refractivity contribution is 5.68. The van der Waals surface area contributed by atoms with Crippen LogP contribution in [-0.2, 0) is 16.0 Å². The zero-order valence-corrected chi connectivity index (χ0v) is 11.8. The monoisotopic (exact) mass is 263 g/mol. The van der Waals surface area contributed by atoms with E-state index in [9.17, 15) is 4.79 Å². The molecule has 0 saturated carbocycles. The zero-order valence-electron chi connectivity index (χ0n) is 11.8. The van der Waals surface area contributed by atoms with Crippen molar-refractivity contribution < 1.29 is 14.3 Å². The van der Waals surface area contributed by atoms with Gasteiger partial charge in [-0.3, -0.25) is 0 Å². The van der Waals surface area contributed by atoms with Gasteiger partial charge in [-0.2, -0.15) is 0 Å². The van der Waals surface area contributed by atoms with Crippen LogP contribution in [0.15, 0.2) is 30.3 Å². The number of amides is 1. The van der Waals surface area contributed by atoms with E-state index in [4.69, 9.17) is 9.47 Å². The molecule has 0 aromatic heterocycles. The van der Waals surface area contributed by atoms with Crippen LogP contribution in [0.2, 0.25) is 0 Å². The minimum atomic E-state index is -0.476. The predicted molar refractivity (Wildman–Crippen MR) is 72.8 cm³/mol. The molecule has 4 nitrogen and oxygen atoms in total. The highest BCUT2D eigenvalue weighted by atomic mass is 16.6. The van der Waals surface area contributed by atoms with Crippen molar-refractivity contribution in [1.82, 2.24) is 4.90 Å². The fourth-order valence-electron chi connectivity index (χ4n) is 1.75. The summed E-state index contributed by atoms with van der Waals surface area (Å²) >= 11 is 0. The summed E-state index contributed by atoms with van der Waals surface area (Å²) in [6.45, 7) is 7.49. The van der Waals surface area contributed by atoms with Gasteiger partial charge in [0.25, 0.3) is 0 Å². The van der Waals surface area contributed by atoms with E-state index in [1.807, 2.05) is 51.1 Å². The molecule has 1 aliphatic rings. The van der Waals surface area contributed by atoms with Gasteiger partial charge in [-0.25, -0.2) is 4.79 Å². The van der Waals surface area contributed by atoms with E-state index in [1.165, 1.54) is 0 Å². The Morgan fingerprint density at radius 3 is 2.53 bits per heavy atom. The number of rotatable bonds is 4. The van der Waals surface area contributed by atoms with Gasteiger partial charge in [0, 0.05) is 6.54 Å². The molecule has 1 saturated heterocycles. The fourth-order valence-corrected chi connectivity index (χ4v) is 1.75. The lowest BCUT2D eigenvalue weighted by Crippen LogP contribution is -2.38. The lowest BCUT2D eigenvalue weighted by molar-refractivity contribution is 0.0220. The average Bonchev–Trinajstić information content (AvgIpc) is 3.11. The zero-order chi connectivity index (χ0) is 13.9. The molecular weight excluding hydrogens is 242 g/mol. The summed E-state index contributed by atoms with van der Waals surface area (Å²) in [5.74, 6) is 0. The summed E-state index contributed by atoms with van der Waals surface area (Å²) in [6.07, 6.45) is -0.122. The Labute approximate surface area is 114 Å². The van der Waals surface area contributed by atoms with Gasteiger partial charge < -0.3 is 14.4 Å². The molecule has 0 unspecified atom stereocenters. The number of ether oxygens (including phenoxy) is 2. The van der Waals surface area contributed by atoms with E-state index in [1.54, 1.807) is 4.90 Å². The summed E-state index contributed by atoms with van der Waals surface area (Å²) < 4.78 is 10.6. The molecule has 1 aromatic rings. The van der Waals surface area contributed by atoms with Crippen LogP contribution >= 0.6 is 0 Å². The van der Waals surface area contributed by atoms with Crippen LogP contribution in [0, 0.1) is 0 Å². The molecule has 0 spiro atoms. The first kappa shape index (κ1) is 13.9. The molecule has 0 aliphatic carbocycles. The Hall–Kier alpha value is -1.55. The smallest absolute Gasteiger partial charge is 0.410 e. The number of carbonyl (C=O) groups is 1. The summed E-state index contributed by atoms with van der Waals surface area (Å²) in [5.41, 5.74) is 0.616. The molecule has 1 amide bonds. The van der Waals surface area contributed by atoms with Crippen molar-refractivity contribution in [3.8, 4) is 0 Å². The third-order valence-electron chi connectivity index (χ3n) is 2.69. The van der Waals surface area contributed by atoms with Gasteiger partial charge in [0.15, 0.2) is 0 Å². The van der Waals surface area contributed by atoms with Crippen LogP contribution in [0.25, 0.3) is 0 Å². The molecule has 4 heteroatoms. The second kappa shape index (κ2) is 5.61. The van der Waals surface area contributed by atoms with Crippen LogP contribution < -0.4 is 0 Å². The number of hydrogen-bond donors (Lipinski definition) is 0. The highest BCUT2D eigenvalue weighted by Gasteiger charge is 2.30. The number of epoxide rings is 1. The van der Waals surface area contributed by atoms with Crippen LogP contribution in [0.3, 0.4) is 0 Å². The molecule has 1 fully saturated rings. The molecule has 1 atom stereocenters. The van der Waals surface area contributed by atoms with Gasteiger partial charge in [0.1, 0.15) is 5.60 Å². The topological polar surface area (TPSA) is 42.1 Å². The Kier molecular flexibility index (Phi) is 4.10. The van der Waals surface area contributed by atoms with Crippen molar-refractivity contribution in [3.05, 3.63) is 35.9 Å². The molecular formula is C15H21NO3. The van der Waals surface area contributed by atoms with Crippen molar-refractivity contribution in [3.63, 3.8) is 0 Å². The van der Waals surface area contributed by atoms with Crippen molar-refractivity contribution in [2.75, 3.05) is 13.2 Å². The van der Waals surface area contributed by atoms with Gasteiger partial charge in [-0.05, 0) is 26.3 Å². The van der Waals surface area contributed by atoms with E-state index in [0.717, 1.165) is 12.2 Å². The van der Waals surface area contributed by atoms with Crippen LogP contribution in [-0.4, -0.2) is 35.8 Å². The largest absolute Gasteiger partial charge is 0.444 e. The molecule has 2 rings (SSSR count). The molecule has 0 bridgehead atoms. The van der Waals surface area contributed by atoms with Gasteiger partial charge in [-0.15, -0.1) is 0 Å². The quantitative estimate of drug-likeness (QED) is 0.784. The molecule has 104 valence electrons. The lowest BCUT2D eigenvalue weighted by atomic mass is 10.2. The predicted octanol–water partition coefficient (Wildman–Crippen LogP) is 2.82. The van der Waals surface area contributed by atoms with E-state index in [-0.39, 0.29) is 12.2 Å². The minimum Gasteiger partial charge on any atom is -0.444 e. The van der Waals surface area contributed by atoms with Gasteiger partial charge in [0.05, 0.1) is 19.3 Å².